The average Bonchev–Trinajstić information content (AvgIpc) is 2.76. The predicted octanol–water partition coefficient (Wildman–Crippen LogP) is 6.67. The normalized spacial score (nSPS) is 12.8. The molecule has 31 heavy (non-hydrogen) atoms. The van der Waals surface area contributed by atoms with E-state index in [1.54, 1.807) is 7.11 Å². The fourth-order valence-corrected chi connectivity index (χ4v) is 3.52. The number of allylic oxidation sites excluding steroid dienone is 1. The highest BCUT2D eigenvalue weighted by molar-refractivity contribution is 6.01. The van der Waals surface area contributed by atoms with Crippen molar-refractivity contribution in [2.24, 2.45) is 11.1 Å². The van der Waals surface area contributed by atoms with Crippen LogP contribution in [0.2, 0.25) is 0 Å². The lowest BCUT2D eigenvalue weighted by molar-refractivity contribution is 0.211. The van der Waals surface area contributed by atoms with Crippen LogP contribution in [-0.2, 0) is 11.3 Å². The topological polar surface area (TPSA) is 40.0 Å². The molecular formula is C27H37NO3. The Labute approximate surface area is 187 Å². The van der Waals surface area contributed by atoms with Gasteiger partial charge in [-0.05, 0) is 80.5 Å². The van der Waals surface area contributed by atoms with E-state index in [0.717, 1.165) is 53.2 Å². The van der Waals surface area contributed by atoms with Gasteiger partial charge in [-0.3, -0.25) is 0 Å². The minimum absolute atomic E-state index is 0.356. The highest BCUT2D eigenvalue weighted by Gasteiger charge is 2.13. The number of aryl methyl sites for hydroxylation is 3. The van der Waals surface area contributed by atoms with E-state index in [1.807, 2.05) is 31.2 Å². The number of hydrogen-bond donors (Lipinski definition) is 0. The summed E-state index contributed by atoms with van der Waals surface area (Å²) in [5, 5.41) is 4.27. The van der Waals surface area contributed by atoms with Gasteiger partial charge in [-0.1, -0.05) is 49.4 Å². The molecule has 0 N–H and O–H groups in total. The van der Waals surface area contributed by atoms with Crippen molar-refractivity contribution in [2.45, 2.75) is 53.9 Å². The van der Waals surface area contributed by atoms with Crippen LogP contribution in [-0.4, -0.2) is 26.0 Å². The van der Waals surface area contributed by atoms with E-state index in [4.69, 9.17) is 14.3 Å². The van der Waals surface area contributed by atoms with E-state index in [1.165, 1.54) is 5.56 Å². The van der Waals surface area contributed by atoms with Gasteiger partial charge >= 0.3 is 0 Å². The van der Waals surface area contributed by atoms with Crippen LogP contribution in [0.15, 0.2) is 53.7 Å². The van der Waals surface area contributed by atoms with E-state index >= 15 is 0 Å². The lowest BCUT2D eigenvalue weighted by Crippen LogP contribution is -2.13. The molecule has 0 saturated heterocycles. The third-order valence-electron chi connectivity index (χ3n) is 5.36. The maximum absolute atomic E-state index is 6.13. The molecule has 0 fully saturated rings. The maximum atomic E-state index is 6.13. The van der Waals surface area contributed by atoms with E-state index in [-0.39, 0.29) is 0 Å². The average molecular weight is 424 g/mol. The molecule has 0 heterocycles. The zero-order valence-electron chi connectivity index (χ0n) is 19.9. The second kappa shape index (κ2) is 12.8. The third kappa shape index (κ3) is 7.46. The molecule has 0 aromatic heterocycles. The third-order valence-corrected chi connectivity index (χ3v) is 5.36. The largest absolute Gasteiger partial charge is 0.493 e. The monoisotopic (exact) mass is 423 g/mol. The summed E-state index contributed by atoms with van der Waals surface area (Å²) in [6.07, 6.45) is 6.91. The predicted molar refractivity (Wildman–Crippen MR) is 129 cm³/mol. The molecule has 0 aliphatic carbocycles. The standard InChI is InChI=1S/C27H37NO3/c1-7-9-15-30-25-17-21(4)27(22(5)18-25)31-16-11-13-23-12-10-14-24(19-23)26(28-29-6)20(3)8-2/h7,9-10,12,14,17-20H,8,11,13,15-16H2,1-6H3/b9-7+,28-26+. The van der Waals surface area contributed by atoms with Gasteiger partial charge in [-0.25, -0.2) is 0 Å². The fourth-order valence-electron chi connectivity index (χ4n) is 3.52. The number of ether oxygens (including phenoxy) is 2. The first kappa shape index (κ1) is 24.5. The van der Waals surface area contributed by atoms with E-state index in [9.17, 15) is 0 Å². The smallest absolute Gasteiger partial charge is 0.125 e. The summed E-state index contributed by atoms with van der Waals surface area (Å²) in [4.78, 5) is 5.08. The van der Waals surface area contributed by atoms with Crippen molar-refractivity contribution in [3.8, 4) is 11.5 Å². The molecule has 0 saturated carbocycles. The van der Waals surface area contributed by atoms with Gasteiger partial charge in [0.1, 0.15) is 25.2 Å². The fraction of sp³-hybridized carbons (Fsp3) is 0.444. The molecule has 0 aliphatic heterocycles. The summed E-state index contributed by atoms with van der Waals surface area (Å²) < 4.78 is 11.9. The van der Waals surface area contributed by atoms with Gasteiger partial charge in [0.2, 0.25) is 0 Å². The first-order valence-corrected chi connectivity index (χ1v) is 11.2. The van der Waals surface area contributed by atoms with Crippen molar-refractivity contribution in [1.82, 2.24) is 0 Å². The summed E-state index contributed by atoms with van der Waals surface area (Å²) in [7, 11) is 1.61. The Morgan fingerprint density at radius 1 is 1.10 bits per heavy atom. The molecule has 4 heteroatoms. The Balaban J connectivity index is 1.95. The molecule has 1 unspecified atom stereocenters. The van der Waals surface area contributed by atoms with Crippen molar-refractivity contribution in [2.75, 3.05) is 20.3 Å². The van der Waals surface area contributed by atoms with Gasteiger partial charge in [-0.15, -0.1) is 0 Å². The van der Waals surface area contributed by atoms with Crippen LogP contribution < -0.4 is 9.47 Å². The van der Waals surface area contributed by atoms with Gasteiger partial charge in [0.15, 0.2) is 0 Å². The SMILES string of the molecule is C/C=C/COc1cc(C)c(OCCCc2cccc(/C(=N/OC)C(C)CC)c2)c(C)c1. The van der Waals surface area contributed by atoms with Crippen molar-refractivity contribution in [1.29, 1.82) is 0 Å². The van der Waals surface area contributed by atoms with Crippen LogP contribution in [0.1, 0.15) is 55.9 Å². The molecule has 2 aromatic rings. The summed E-state index contributed by atoms with van der Waals surface area (Å²) >= 11 is 0. The minimum atomic E-state index is 0.356. The first-order valence-electron chi connectivity index (χ1n) is 11.2. The van der Waals surface area contributed by atoms with Gasteiger partial charge < -0.3 is 14.3 Å². The number of hydrogen-bond acceptors (Lipinski definition) is 4. The van der Waals surface area contributed by atoms with Gasteiger partial charge in [-0.2, -0.15) is 0 Å². The molecule has 2 aromatic carbocycles. The molecule has 1 atom stereocenters. The van der Waals surface area contributed by atoms with E-state index in [0.29, 0.717) is 19.1 Å². The Morgan fingerprint density at radius 2 is 1.84 bits per heavy atom. The van der Waals surface area contributed by atoms with Gasteiger partial charge in [0.05, 0.1) is 12.3 Å². The van der Waals surface area contributed by atoms with Crippen molar-refractivity contribution < 1.29 is 14.3 Å². The van der Waals surface area contributed by atoms with Crippen LogP contribution >= 0.6 is 0 Å². The summed E-state index contributed by atoms with van der Waals surface area (Å²) in [6.45, 7) is 11.7. The van der Waals surface area contributed by atoms with Crippen LogP contribution in [0.3, 0.4) is 0 Å². The van der Waals surface area contributed by atoms with Crippen LogP contribution in [0.5, 0.6) is 11.5 Å². The second-order valence-electron chi connectivity index (χ2n) is 7.89. The number of benzene rings is 2. The Kier molecular flexibility index (Phi) is 10.2. The second-order valence-corrected chi connectivity index (χ2v) is 7.89. The summed E-state index contributed by atoms with van der Waals surface area (Å²) in [6, 6.07) is 12.7. The molecule has 2 rings (SSSR count). The zero-order valence-corrected chi connectivity index (χ0v) is 19.9. The van der Waals surface area contributed by atoms with Crippen LogP contribution in [0.4, 0.5) is 0 Å². The van der Waals surface area contributed by atoms with Crippen molar-refractivity contribution in [3.05, 3.63) is 70.8 Å². The van der Waals surface area contributed by atoms with Gasteiger partial charge in [0, 0.05) is 5.92 Å². The molecule has 168 valence electrons. The molecule has 0 amide bonds. The molecule has 0 spiro atoms. The number of oxime groups is 1. The molecule has 0 bridgehead atoms. The minimum Gasteiger partial charge on any atom is -0.493 e. The van der Waals surface area contributed by atoms with Gasteiger partial charge in [0.25, 0.3) is 0 Å². The summed E-state index contributed by atoms with van der Waals surface area (Å²) in [5.41, 5.74) is 5.63. The number of nitrogens with zero attached hydrogens (tertiary/aromatic N) is 1. The molecular weight excluding hydrogens is 386 g/mol. The van der Waals surface area contributed by atoms with E-state index in [2.05, 4.69) is 57.1 Å². The summed E-state index contributed by atoms with van der Waals surface area (Å²) in [5.74, 6) is 2.19. The lowest BCUT2D eigenvalue weighted by Gasteiger charge is -2.15. The molecule has 0 aliphatic rings. The Hall–Kier alpha value is -2.75. The Morgan fingerprint density at radius 3 is 2.48 bits per heavy atom. The maximum Gasteiger partial charge on any atom is 0.125 e. The van der Waals surface area contributed by atoms with Crippen LogP contribution in [0, 0.1) is 19.8 Å². The van der Waals surface area contributed by atoms with E-state index < -0.39 is 0 Å². The van der Waals surface area contributed by atoms with Crippen LogP contribution in [0.25, 0.3) is 0 Å². The Bertz CT molecular complexity index is 863. The molecule has 4 nitrogen and oxygen atoms in total. The first-order chi connectivity index (χ1) is 15.0. The van der Waals surface area contributed by atoms with Crippen molar-refractivity contribution >= 4 is 5.71 Å². The zero-order chi connectivity index (χ0) is 22.6. The quantitative estimate of drug-likeness (QED) is 0.166. The van der Waals surface area contributed by atoms with Crippen molar-refractivity contribution in [3.63, 3.8) is 0 Å². The molecule has 0 radical (unpaired) electrons. The number of rotatable bonds is 12. The highest BCUT2D eigenvalue weighted by atomic mass is 16.6. The lowest BCUT2D eigenvalue weighted by atomic mass is 9.94. The highest BCUT2D eigenvalue weighted by Crippen LogP contribution is 2.28.